The fraction of sp³-hybridized carbons (Fsp3) is 0.0833. The average Bonchev–Trinajstić information content (AvgIpc) is 3.09. The van der Waals surface area contributed by atoms with Crippen LogP contribution in [0.1, 0.15) is 26.4 Å². The number of aryl methyl sites for hydroxylation is 1. The number of anilines is 1. The molecule has 158 valence electrons. The van der Waals surface area contributed by atoms with Crippen molar-refractivity contribution in [1.29, 1.82) is 0 Å². The summed E-state index contributed by atoms with van der Waals surface area (Å²) in [5, 5.41) is 0. The molecular formula is C24H20Br2N2OS2. The smallest absolute Gasteiger partial charge is 0.259 e. The topological polar surface area (TPSA) is 47.0 Å². The normalized spacial score (nSPS) is 10.5. The first-order valence-corrected chi connectivity index (χ1v) is 12.0. The molecule has 0 saturated carbocycles. The number of rotatable bonds is 6. The van der Waals surface area contributed by atoms with Crippen molar-refractivity contribution in [3.05, 3.63) is 105 Å². The largest absolute Gasteiger partial charge is 1.00 e. The van der Waals surface area contributed by atoms with Crippen LogP contribution in [0.3, 0.4) is 0 Å². The number of pyridine rings is 1. The second-order valence-corrected chi connectivity index (χ2v) is 10.1. The van der Waals surface area contributed by atoms with Crippen LogP contribution in [-0.4, -0.2) is 5.78 Å². The second-order valence-electron chi connectivity index (χ2n) is 6.88. The van der Waals surface area contributed by atoms with Crippen molar-refractivity contribution < 1.29 is 26.3 Å². The van der Waals surface area contributed by atoms with Gasteiger partial charge in [0.05, 0.1) is 0 Å². The summed E-state index contributed by atoms with van der Waals surface area (Å²) in [4.78, 5) is 13.8. The molecule has 2 heterocycles. The van der Waals surface area contributed by atoms with Crippen LogP contribution >= 0.6 is 39.0 Å². The molecule has 0 aliphatic carbocycles. The number of hydrogen-bond acceptors (Lipinski definition) is 4. The molecule has 0 unspecified atom stereocenters. The van der Waals surface area contributed by atoms with Crippen molar-refractivity contribution in [2.24, 2.45) is 0 Å². The Kier molecular flexibility index (Phi) is 8.11. The molecule has 7 heteroatoms. The summed E-state index contributed by atoms with van der Waals surface area (Å²) in [5.41, 5.74) is 11.0. The van der Waals surface area contributed by atoms with Crippen molar-refractivity contribution in [2.45, 2.75) is 16.9 Å². The molecule has 4 aromatic rings. The van der Waals surface area contributed by atoms with Gasteiger partial charge in [0.25, 0.3) is 5.69 Å². The third-order valence-electron chi connectivity index (χ3n) is 4.62. The lowest BCUT2D eigenvalue weighted by atomic mass is 10.1. The summed E-state index contributed by atoms with van der Waals surface area (Å²) in [6.45, 7) is 2.05. The summed E-state index contributed by atoms with van der Waals surface area (Å²) in [7, 11) is 0. The maximum atomic E-state index is 13.2. The Morgan fingerprint density at radius 1 is 1.06 bits per heavy atom. The molecule has 2 aromatic carbocycles. The minimum Gasteiger partial charge on any atom is -1.00 e. The third-order valence-corrected chi connectivity index (χ3v) is 7.67. The molecule has 0 fully saturated rings. The van der Waals surface area contributed by atoms with E-state index in [0.29, 0.717) is 16.1 Å². The number of aromatic nitrogens is 1. The molecular weight excluding hydrogens is 556 g/mol. The Bertz CT molecular complexity index is 1190. The van der Waals surface area contributed by atoms with Crippen molar-refractivity contribution >= 4 is 50.5 Å². The number of thiophene rings is 1. The summed E-state index contributed by atoms with van der Waals surface area (Å²) in [6.07, 6.45) is 4.02. The fourth-order valence-corrected chi connectivity index (χ4v) is 5.80. The van der Waals surface area contributed by atoms with Crippen molar-refractivity contribution in [3.63, 3.8) is 0 Å². The molecule has 3 nitrogen and oxygen atoms in total. The van der Waals surface area contributed by atoms with E-state index in [1.807, 2.05) is 78.5 Å². The van der Waals surface area contributed by atoms with E-state index >= 15 is 0 Å². The fourth-order valence-electron chi connectivity index (χ4n) is 3.11. The van der Waals surface area contributed by atoms with Crippen LogP contribution in [0.25, 0.3) is 5.69 Å². The first kappa shape index (κ1) is 23.7. The van der Waals surface area contributed by atoms with Crippen LogP contribution in [0, 0.1) is 6.92 Å². The van der Waals surface area contributed by atoms with Crippen molar-refractivity contribution in [2.75, 3.05) is 5.73 Å². The van der Waals surface area contributed by atoms with Crippen LogP contribution in [0.2, 0.25) is 0 Å². The molecule has 31 heavy (non-hydrogen) atoms. The Morgan fingerprint density at radius 3 is 2.45 bits per heavy atom. The zero-order valence-electron chi connectivity index (χ0n) is 16.7. The molecule has 0 bridgehead atoms. The van der Waals surface area contributed by atoms with Gasteiger partial charge in [-0.05, 0) is 42.8 Å². The van der Waals surface area contributed by atoms with Gasteiger partial charge in [-0.15, -0.1) is 23.1 Å². The van der Waals surface area contributed by atoms with Crippen LogP contribution in [-0.2, 0) is 5.75 Å². The molecule has 0 aliphatic heterocycles. The van der Waals surface area contributed by atoms with Gasteiger partial charge in [-0.2, -0.15) is 4.57 Å². The number of carbonyl (C=O) groups excluding carboxylic acids is 1. The number of nitrogen functional groups attached to an aromatic ring is 1. The number of carbonyl (C=O) groups is 1. The summed E-state index contributed by atoms with van der Waals surface area (Å²) in [5.74, 6) is 0.762. The van der Waals surface area contributed by atoms with Gasteiger partial charge < -0.3 is 22.7 Å². The van der Waals surface area contributed by atoms with E-state index in [-0.39, 0.29) is 22.8 Å². The lowest BCUT2D eigenvalue weighted by molar-refractivity contribution is -0.597. The molecule has 0 atom stereocenters. The second kappa shape index (κ2) is 10.6. The Morgan fingerprint density at radius 2 is 1.77 bits per heavy atom. The van der Waals surface area contributed by atoms with Gasteiger partial charge in [-0.25, -0.2) is 0 Å². The van der Waals surface area contributed by atoms with Gasteiger partial charge >= 0.3 is 0 Å². The molecule has 0 spiro atoms. The Hall–Kier alpha value is -1.93. The van der Waals surface area contributed by atoms with Crippen molar-refractivity contribution in [1.82, 2.24) is 0 Å². The summed E-state index contributed by atoms with van der Waals surface area (Å²) < 4.78 is 3.99. The first-order valence-electron chi connectivity index (χ1n) is 9.40. The standard InChI is InChI=1S/C24H19BrN2OS2.BrH/c1-16-6-5-13-27(14-16)21-20(26)23(22(28)18-9-11-19(25)12-10-18)30-24(21)29-15-17-7-3-2-4-8-17;/h2-14H,15H2,1H3,(H-,26,28);1H. The highest BCUT2D eigenvalue weighted by Crippen LogP contribution is 2.40. The first-order chi connectivity index (χ1) is 14.5. The third kappa shape index (κ3) is 5.47. The van der Waals surface area contributed by atoms with Gasteiger partial charge in [-0.1, -0.05) is 46.3 Å². The molecule has 0 aliphatic rings. The molecule has 2 N–H and O–H groups in total. The Balaban J connectivity index is 0.00000272. The number of nitrogens with zero attached hydrogens (tertiary/aromatic N) is 1. The zero-order chi connectivity index (χ0) is 21.1. The highest BCUT2D eigenvalue weighted by molar-refractivity contribution is 9.10. The van der Waals surface area contributed by atoms with Crippen molar-refractivity contribution in [3.8, 4) is 5.69 Å². The maximum absolute atomic E-state index is 13.2. The minimum absolute atomic E-state index is 0. The number of thioether (sulfide) groups is 1. The monoisotopic (exact) mass is 574 g/mol. The van der Waals surface area contributed by atoms with Gasteiger partial charge in [0, 0.05) is 27.4 Å². The summed E-state index contributed by atoms with van der Waals surface area (Å²) in [6, 6.07) is 21.7. The van der Waals surface area contributed by atoms with E-state index in [0.717, 1.165) is 25.7 Å². The molecule has 2 aromatic heterocycles. The van der Waals surface area contributed by atoms with E-state index in [9.17, 15) is 4.79 Å². The molecule has 4 rings (SSSR count). The van der Waals surface area contributed by atoms with Gasteiger partial charge in [-0.3, -0.25) is 4.79 Å². The van der Waals surface area contributed by atoms with E-state index < -0.39 is 0 Å². The molecule has 0 radical (unpaired) electrons. The van der Waals surface area contributed by atoms with E-state index in [4.69, 9.17) is 5.73 Å². The van der Waals surface area contributed by atoms with E-state index in [1.165, 1.54) is 16.9 Å². The predicted molar refractivity (Wildman–Crippen MR) is 129 cm³/mol. The predicted octanol–water partition coefficient (Wildman–Crippen LogP) is 3.21. The number of nitrogens with two attached hydrogens (primary N) is 1. The lowest BCUT2D eigenvalue weighted by Crippen LogP contribution is -3.00. The number of ketones is 1. The SMILES string of the molecule is Cc1ccc[n+](-c2c(SCc3ccccc3)sc(C(=O)c3ccc(Br)cc3)c2N)c1.[Br-]. The number of halogens is 2. The van der Waals surface area contributed by atoms with Crippen LogP contribution in [0.15, 0.2) is 87.8 Å². The van der Waals surface area contributed by atoms with Gasteiger partial charge in [0.2, 0.25) is 5.78 Å². The van der Waals surface area contributed by atoms with Crippen LogP contribution < -0.4 is 27.3 Å². The highest BCUT2D eigenvalue weighted by Gasteiger charge is 2.28. The quantitative estimate of drug-likeness (QED) is 0.218. The zero-order valence-corrected chi connectivity index (χ0v) is 21.5. The van der Waals surface area contributed by atoms with E-state index in [2.05, 4.69) is 28.1 Å². The summed E-state index contributed by atoms with van der Waals surface area (Å²) >= 11 is 6.60. The minimum atomic E-state index is -0.0499. The van der Waals surface area contributed by atoms with Crippen LogP contribution in [0.5, 0.6) is 0 Å². The van der Waals surface area contributed by atoms with Gasteiger partial charge in [0.1, 0.15) is 14.8 Å². The number of hydrogen-bond donors (Lipinski definition) is 1. The average molecular weight is 576 g/mol. The highest BCUT2D eigenvalue weighted by atomic mass is 79.9. The molecule has 0 amide bonds. The molecule has 0 saturated heterocycles. The van der Waals surface area contributed by atoms with Crippen LogP contribution in [0.4, 0.5) is 5.69 Å². The number of benzene rings is 2. The van der Waals surface area contributed by atoms with Gasteiger partial charge in [0.15, 0.2) is 12.4 Å². The van der Waals surface area contributed by atoms with E-state index in [1.54, 1.807) is 11.8 Å². The Labute approximate surface area is 209 Å². The maximum Gasteiger partial charge on any atom is 0.259 e. The lowest BCUT2D eigenvalue weighted by Gasteiger charge is -2.02.